The third kappa shape index (κ3) is 5.49. The third-order valence-electron chi connectivity index (χ3n) is 4.06. The zero-order chi connectivity index (χ0) is 18.9. The molecule has 0 fully saturated rings. The number of esters is 1. The molecule has 0 heterocycles. The van der Waals surface area contributed by atoms with Gasteiger partial charge in [-0.1, -0.05) is 36.4 Å². The van der Waals surface area contributed by atoms with Gasteiger partial charge in [-0.25, -0.2) is 4.79 Å². The van der Waals surface area contributed by atoms with E-state index in [1.54, 1.807) is 21.0 Å². The first-order valence-corrected chi connectivity index (χ1v) is 8.83. The molecule has 2 aromatic rings. The molecule has 0 aliphatic heterocycles. The van der Waals surface area contributed by atoms with E-state index < -0.39 is 12.1 Å². The molecule has 1 N–H and O–H groups in total. The van der Waals surface area contributed by atoms with Crippen LogP contribution in [-0.2, 0) is 16.1 Å². The topological polar surface area (TPSA) is 56.8 Å². The van der Waals surface area contributed by atoms with Crippen molar-refractivity contribution in [1.82, 2.24) is 5.32 Å². The molecule has 2 aromatic carbocycles. The Morgan fingerprint density at radius 1 is 1.08 bits per heavy atom. The lowest BCUT2D eigenvalue weighted by Crippen LogP contribution is -2.26. The van der Waals surface area contributed by atoms with Gasteiger partial charge < -0.3 is 19.5 Å². The van der Waals surface area contributed by atoms with Crippen LogP contribution in [-0.4, -0.2) is 25.8 Å². The monoisotopic (exact) mass is 357 g/mol. The number of benzene rings is 2. The maximum atomic E-state index is 11.7. The van der Waals surface area contributed by atoms with Crippen molar-refractivity contribution in [3.63, 3.8) is 0 Å². The molecule has 0 amide bonds. The van der Waals surface area contributed by atoms with Crippen molar-refractivity contribution in [3.05, 3.63) is 59.7 Å². The molecule has 5 heteroatoms. The van der Waals surface area contributed by atoms with Crippen LogP contribution in [0.1, 0.15) is 37.9 Å². The second kappa shape index (κ2) is 9.82. The molecule has 140 valence electrons. The summed E-state index contributed by atoms with van der Waals surface area (Å²) < 4.78 is 16.1. The fraction of sp³-hybridized carbons (Fsp3) is 0.381. The third-order valence-corrected chi connectivity index (χ3v) is 4.06. The number of hydrogen-bond donors (Lipinski definition) is 1. The van der Waals surface area contributed by atoms with Crippen LogP contribution >= 0.6 is 0 Å². The number of rotatable bonds is 9. The summed E-state index contributed by atoms with van der Waals surface area (Å²) in [5.74, 6) is 0.720. The first-order valence-electron chi connectivity index (χ1n) is 8.83. The predicted molar refractivity (Wildman–Crippen MR) is 101 cm³/mol. The number of carbonyl (C=O) groups is 1. The molecule has 0 aliphatic carbocycles. The van der Waals surface area contributed by atoms with Crippen molar-refractivity contribution in [2.45, 2.75) is 39.5 Å². The van der Waals surface area contributed by atoms with Crippen molar-refractivity contribution in [3.8, 4) is 11.5 Å². The van der Waals surface area contributed by atoms with E-state index in [4.69, 9.17) is 14.2 Å². The SMILES string of the molecule is CCOC(=O)[C@H](C)Oc1ccc(CN[C@@H](C)c2ccccc2)cc1OC. The van der Waals surface area contributed by atoms with Crippen LogP contribution < -0.4 is 14.8 Å². The predicted octanol–water partition coefficient (Wildman–Crippen LogP) is 3.88. The Kier molecular flexibility index (Phi) is 7.48. The van der Waals surface area contributed by atoms with Crippen LogP contribution in [0.3, 0.4) is 0 Å². The van der Waals surface area contributed by atoms with Crippen molar-refractivity contribution in [2.75, 3.05) is 13.7 Å². The summed E-state index contributed by atoms with van der Waals surface area (Å²) >= 11 is 0. The van der Waals surface area contributed by atoms with E-state index in [2.05, 4.69) is 24.4 Å². The summed E-state index contributed by atoms with van der Waals surface area (Å²) in [7, 11) is 1.58. The van der Waals surface area contributed by atoms with Gasteiger partial charge in [0.15, 0.2) is 17.6 Å². The van der Waals surface area contributed by atoms with Gasteiger partial charge in [0.2, 0.25) is 0 Å². The van der Waals surface area contributed by atoms with E-state index in [-0.39, 0.29) is 6.04 Å². The Balaban J connectivity index is 2.00. The maximum absolute atomic E-state index is 11.7. The van der Waals surface area contributed by atoms with Gasteiger partial charge in [-0.2, -0.15) is 0 Å². The summed E-state index contributed by atoms with van der Waals surface area (Å²) in [4.78, 5) is 11.7. The fourth-order valence-electron chi connectivity index (χ4n) is 2.55. The minimum atomic E-state index is -0.689. The van der Waals surface area contributed by atoms with Gasteiger partial charge in [0.25, 0.3) is 0 Å². The normalized spacial score (nSPS) is 12.9. The number of ether oxygens (including phenoxy) is 3. The van der Waals surface area contributed by atoms with Crippen molar-refractivity contribution in [2.24, 2.45) is 0 Å². The standard InChI is InChI=1S/C21H27NO4/c1-5-25-21(23)16(3)26-19-12-11-17(13-20(19)24-4)14-22-15(2)18-9-7-6-8-10-18/h6-13,15-16,22H,5,14H2,1-4H3/t15-,16-/m0/s1. The molecule has 0 radical (unpaired) electrons. The number of nitrogens with one attached hydrogen (secondary N) is 1. The molecular formula is C21H27NO4. The summed E-state index contributed by atoms with van der Waals surface area (Å²) in [5.41, 5.74) is 2.31. The van der Waals surface area contributed by atoms with E-state index in [0.29, 0.717) is 24.7 Å². The number of methoxy groups -OCH3 is 1. The Labute approximate surface area is 155 Å². The molecule has 26 heavy (non-hydrogen) atoms. The molecule has 0 saturated carbocycles. The molecule has 2 rings (SSSR count). The van der Waals surface area contributed by atoms with E-state index in [1.807, 2.05) is 36.4 Å². The van der Waals surface area contributed by atoms with E-state index >= 15 is 0 Å². The van der Waals surface area contributed by atoms with E-state index in [0.717, 1.165) is 5.56 Å². The smallest absolute Gasteiger partial charge is 0.347 e. The molecular weight excluding hydrogens is 330 g/mol. The number of hydrogen-bond acceptors (Lipinski definition) is 5. The molecule has 0 bridgehead atoms. The molecule has 5 nitrogen and oxygen atoms in total. The minimum absolute atomic E-state index is 0.238. The van der Waals surface area contributed by atoms with Crippen molar-refractivity contribution < 1.29 is 19.0 Å². The van der Waals surface area contributed by atoms with Crippen LogP contribution in [0.4, 0.5) is 0 Å². The zero-order valence-corrected chi connectivity index (χ0v) is 15.8. The van der Waals surface area contributed by atoms with Crippen molar-refractivity contribution in [1.29, 1.82) is 0 Å². The van der Waals surface area contributed by atoms with E-state index in [1.165, 1.54) is 5.56 Å². The fourth-order valence-corrected chi connectivity index (χ4v) is 2.55. The molecule has 0 spiro atoms. The molecule has 0 aromatic heterocycles. The summed E-state index contributed by atoms with van der Waals surface area (Å²) in [6.07, 6.45) is -0.689. The summed E-state index contributed by atoms with van der Waals surface area (Å²) in [6.45, 7) is 6.58. The van der Waals surface area contributed by atoms with Crippen LogP contribution in [0.25, 0.3) is 0 Å². The molecule has 0 aliphatic rings. The lowest BCUT2D eigenvalue weighted by molar-refractivity contribution is -0.150. The van der Waals surface area contributed by atoms with Crippen LogP contribution in [0, 0.1) is 0 Å². The van der Waals surface area contributed by atoms with Gasteiger partial charge in [0.05, 0.1) is 13.7 Å². The first kappa shape index (κ1) is 19.8. The highest BCUT2D eigenvalue weighted by Crippen LogP contribution is 2.29. The number of carbonyl (C=O) groups excluding carboxylic acids is 1. The average Bonchev–Trinajstić information content (AvgIpc) is 2.67. The van der Waals surface area contributed by atoms with Gasteiger partial charge in [0.1, 0.15) is 0 Å². The van der Waals surface area contributed by atoms with Gasteiger partial charge >= 0.3 is 5.97 Å². The quantitative estimate of drug-likeness (QED) is 0.690. The highest BCUT2D eigenvalue weighted by atomic mass is 16.6. The minimum Gasteiger partial charge on any atom is -0.493 e. The highest BCUT2D eigenvalue weighted by Gasteiger charge is 2.18. The Morgan fingerprint density at radius 2 is 1.81 bits per heavy atom. The summed E-state index contributed by atoms with van der Waals surface area (Å²) in [6, 6.07) is 16.2. The lowest BCUT2D eigenvalue weighted by atomic mass is 10.1. The van der Waals surface area contributed by atoms with Crippen molar-refractivity contribution >= 4 is 5.97 Å². The summed E-state index contributed by atoms with van der Waals surface area (Å²) in [5, 5.41) is 3.49. The zero-order valence-electron chi connectivity index (χ0n) is 15.8. The Hall–Kier alpha value is -2.53. The van der Waals surface area contributed by atoms with Gasteiger partial charge in [-0.3, -0.25) is 0 Å². The van der Waals surface area contributed by atoms with Gasteiger partial charge in [0, 0.05) is 12.6 Å². The molecule has 2 atom stereocenters. The van der Waals surface area contributed by atoms with Crippen LogP contribution in [0.2, 0.25) is 0 Å². The lowest BCUT2D eigenvalue weighted by Gasteiger charge is -2.18. The molecule has 0 unspecified atom stereocenters. The van der Waals surface area contributed by atoms with Gasteiger partial charge in [-0.05, 0) is 44.0 Å². The largest absolute Gasteiger partial charge is 0.493 e. The average molecular weight is 357 g/mol. The molecule has 0 saturated heterocycles. The Bertz CT molecular complexity index is 702. The first-order chi connectivity index (χ1) is 12.5. The van der Waals surface area contributed by atoms with E-state index in [9.17, 15) is 4.79 Å². The van der Waals surface area contributed by atoms with Crippen LogP contribution in [0.5, 0.6) is 11.5 Å². The van der Waals surface area contributed by atoms with Gasteiger partial charge in [-0.15, -0.1) is 0 Å². The highest BCUT2D eigenvalue weighted by molar-refractivity contribution is 5.74. The maximum Gasteiger partial charge on any atom is 0.347 e. The second-order valence-corrected chi connectivity index (χ2v) is 6.01. The van der Waals surface area contributed by atoms with Crippen LogP contribution in [0.15, 0.2) is 48.5 Å². The second-order valence-electron chi connectivity index (χ2n) is 6.01. The Morgan fingerprint density at radius 3 is 2.46 bits per heavy atom.